The molecule has 0 aliphatic carbocycles. The summed E-state index contributed by atoms with van der Waals surface area (Å²) in [7, 11) is 0. The molecule has 1 aliphatic rings. The Kier molecular flexibility index (Phi) is 7.10. The number of nitrogens with zero attached hydrogens (tertiary/aromatic N) is 4. The van der Waals surface area contributed by atoms with Crippen molar-refractivity contribution in [2.45, 2.75) is 37.0 Å². The van der Waals surface area contributed by atoms with Gasteiger partial charge in [0.15, 0.2) is 0 Å². The van der Waals surface area contributed by atoms with E-state index < -0.39 is 0 Å². The van der Waals surface area contributed by atoms with Gasteiger partial charge in [0.1, 0.15) is 0 Å². The van der Waals surface area contributed by atoms with Crippen molar-refractivity contribution in [3.05, 3.63) is 59.1 Å². The van der Waals surface area contributed by atoms with Gasteiger partial charge in [-0.25, -0.2) is 4.98 Å². The maximum atomic E-state index is 12.2. The van der Waals surface area contributed by atoms with E-state index in [0.29, 0.717) is 17.4 Å². The van der Waals surface area contributed by atoms with Crippen molar-refractivity contribution >= 4 is 57.7 Å². The van der Waals surface area contributed by atoms with Crippen LogP contribution in [0, 0.1) is 0 Å². The topological polar surface area (TPSA) is 75.1 Å². The zero-order chi connectivity index (χ0) is 23.4. The Hall–Kier alpha value is -3.17. The Morgan fingerprint density at radius 3 is 2.70 bits per heavy atom. The van der Waals surface area contributed by atoms with Gasteiger partial charge in [-0.2, -0.15) is 10.1 Å². The van der Waals surface area contributed by atoms with Gasteiger partial charge in [-0.15, -0.1) is 11.3 Å². The first-order valence-electron chi connectivity index (χ1n) is 10.6. The summed E-state index contributed by atoms with van der Waals surface area (Å²) in [6.07, 6.45) is 1.72. The molecule has 0 N–H and O–H groups in total. The normalized spacial score (nSPS) is 12.4. The zero-order valence-corrected chi connectivity index (χ0v) is 20.3. The number of rotatable bonds is 7. The van der Waals surface area contributed by atoms with Crippen LogP contribution in [-0.4, -0.2) is 36.2 Å². The molecule has 1 amide bonds. The van der Waals surface area contributed by atoms with E-state index in [0.717, 1.165) is 22.7 Å². The summed E-state index contributed by atoms with van der Waals surface area (Å²) >= 11 is 2.99. The van der Waals surface area contributed by atoms with Crippen LogP contribution in [0.15, 0.2) is 62.7 Å². The molecule has 7 nitrogen and oxygen atoms in total. The molecular weight excluding hydrogens is 456 g/mol. The highest BCUT2D eigenvalue weighted by atomic mass is 32.2. The molecule has 2 aromatic carbocycles. The number of para-hydroxylation sites is 1. The van der Waals surface area contributed by atoms with Crippen molar-refractivity contribution in [2.24, 2.45) is 5.10 Å². The minimum absolute atomic E-state index is 0.0667. The number of carbonyl (C=O) groups is 2. The molecule has 0 spiro atoms. The number of ether oxygens (including phenoxy) is 1. The molecule has 2 heterocycles. The van der Waals surface area contributed by atoms with Gasteiger partial charge in [-0.3, -0.25) is 9.59 Å². The fourth-order valence-corrected chi connectivity index (χ4v) is 5.46. The van der Waals surface area contributed by atoms with Crippen molar-refractivity contribution in [3.63, 3.8) is 0 Å². The fraction of sp³-hybridized carbons (Fsp3) is 0.250. The highest BCUT2D eigenvalue weighted by molar-refractivity contribution is 7.99. The Labute approximate surface area is 201 Å². The number of hydrogen-bond acceptors (Lipinski definition) is 8. The summed E-state index contributed by atoms with van der Waals surface area (Å²) in [6.45, 7) is 6.52. The van der Waals surface area contributed by atoms with E-state index in [1.54, 1.807) is 30.3 Å². The summed E-state index contributed by atoms with van der Waals surface area (Å²) in [6, 6.07) is 14.5. The molecule has 0 fully saturated rings. The Morgan fingerprint density at radius 1 is 1.15 bits per heavy atom. The van der Waals surface area contributed by atoms with Gasteiger partial charge >= 0.3 is 5.97 Å². The van der Waals surface area contributed by atoms with Gasteiger partial charge < -0.3 is 9.64 Å². The number of carbonyl (C=O) groups excluding carboxylic acids is 2. The molecule has 0 atom stereocenters. The lowest BCUT2D eigenvalue weighted by molar-refractivity contribution is -0.142. The maximum absolute atomic E-state index is 12.2. The summed E-state index contributed by atoms with van der Waals surface area (Å²) in [5, 5.41) is 7.80. The predicted octanol–water partition coefficient (Wildman–Crippen LogP) is 5.26. The lowest BCUT2D eigenvalue weighted by Crippen LogP contribution is -2.22. The van der Waals surface area contributed by atoms with E-state index in [1.807, 2.05) is 12.1 Å². The first-order chi connectivity index (χ1) is 16.0. The number of hydrazone groups is 1. The minimum atomic E-state index is -0.346. The van der Waals surface area contributed by atoms with Crippen LogP contribution in [0.1, 0.15) is 32.0 Å². The van der Waals surface area contributed by atoms with E-state index in [-0.39, 0.29) is 18.3 Å². The van der Waals surface area contributed by atoms with Crippen LogP contribution in [0.2, 0.25) is 0 Å². The molecule has 1 aliphatic heterocycles. The molecule has 3 aromatic rings. The molecule has 1 aromatic heterocycles. The van der Waals surface area contributed by atoms with E-state index in [1.165, 1.54) is 33.9 Å². The van der Waals surface area contributed by atoms with Gasteiger partial charge in [0.05, 0.1) is 36.3 Å². The highest BCUT2D eigenvalue weighted by Gasteiger charge is 2.22. The van der Waals surface area contributed by atoms with Crippen LogP contribution >= 0.6 is 23.1 Å². The molecule has 33 heavy (non-hydrogen) atoms. The second-order valence-corrected chi connectivity index (χ2v) is 9.14. The van der Waals surface area contributed by atoms with Crippen molar-refractivity contribution < 1.29 is 14.3 Å². The molecular formula is C24H24N4O3S2. The predicted molar refractivity (Wildman–Crippen MR) is 133 cm³/mol. The molecule has 170 valence electrons. The van der Waals surface area contributed by atoms with Gasteiger partial charge in [-0.1, -0.05) is 30.0 Å². The number of thiazole rings is 1. The van der Waals surface area contributed by atoms with Crippen molar-refractivity contribution in [2.75, 3.05) is 23.1 Å². The van der Waals surface area contributed by atoms with Crippen LogP contribution < -0.4 is 9.91 Å². The van der Waals surface area contributed by atoms with Crippen molar-refractivity contribution in [3.8, 4) is 0 Å². The Balaban J connectivity index is 1.55. The summed E-state index contributed by atoms with van der Waals surface area (Å²) < 4.78 is 4.96. The van der Waals surface area contributed by atoms with Crippen LogP contribution in [0.4, 0.5) is 16.5 Å². The third kappa shape index (κ3) is 5.09. The lowest BCUT2D eigenvalue weighted by atomic mass is 10.1. The van der Waals surface area contributed by atoms with Crippen molar-refractivity contribution in [1.82, 2.24) is 4.98 Å². The van der Waals surface area contributed by atoms with Gasteiger partial charge in [0.25, 0.3) is 0 Å². The molecule has 0 saturated carbocycles. The SMILES string of the molecule is CCOC(=O)Cc1csc(N(/N=C/c2ccc3c(c2)Sc2ccccc2N3CC)C(C)=O)n1. The van der Waals surface area contributed by atoms with Crippen LogP contribution in [0.25, 0.3) is 0 Å². The molecule has 9 heteroatoms. The quantitative estimate of drug-likeness (QED) is 0.261. The first kappa shape index (κ1) is 23.0. The van der Waals surface area contributed by atoms with E-state index >= 15 is 0 Å². The smallest absolute Gasteiger partial charge is 0.311 e. The summed E-state index contributed by atoms with van der Waals surface area (Å²) in [4.78, 5) is 33.0. The summed E-state index contributed by atoms with van der Waals surface area (Å²) in [5.74, 6) is -0.608. The average molecular weight is 481 g/mol. The second kappa shape index (κ2) is 10.2. The Morgan fingerprint density at radius 2 is 1.94 bits per heavy atom. The Bertz CT molecular complexity index is 1210. The monoisotopic (exact) mass is 480 g/mol. The van der Waals surface area contributed by atoms with Crippen LogP contribution in [0.3, 0.4) is 0 Å². The average Bonchev–Trinajstić information content (AvgIpc) is 3.25. The van der Waals surface area contributed by atoms with Gasteiger partial charge in [0.2, 0.25) is 11.0 Å². The fourth-order valence-electron chi connectivity index (χ4n) is 3.50. The second-order valence-electron chi connectivity index (χ2n) is 7.22. The number of hydrogen-bond donors (Lipinski definition) is 0. The molecule has 0 saturated heterocycles. The molecule has 0 bridgehead atoms. The standard InChI is InChI=1S/C24H24N4O3S2/c1-4-27-19-8-6-7-9-21(19)33-22-12-17(10-11-20(22)27)14-25-28(16(3)29)24-26-18(15-32-24)13-23(30)31-5-2/h6-12,14-15H,4-5,13H2,1-3H3/b25-14+. The molecule has 0 radical (unpaired) electrons. The number of fused-ring (bicyclic) bond motifs is 2. The molecule has 0 unspecified atom stereocenters. The van der Waals surface area contributed by atoms with E-state index in [9.17, 15) is 9.59 Å². The highest BCUT2D eigenvalue weighted by Crippen LogP contribution is 2.47. The zero-order valence-electron chi connectivity index (χ0n) is 18.6. The van der Waals surface area contributed by atoms with E-state index in [2.05, 4.69) is 52.2 Å². The number of anilines is 3. The van der Waals surface area contributed by atoms with E-state index in [4.69, 9.17) is 4.74 Å². The number of esters is 1. The molecule has 4 rings (SSSR count). The van der Waals surface area contributed by atoms with Crippen molar-refractivity contribution in [1.29, 1.82) is 0 Å². The number of aromatic nitrogens is 1. The minimum Gasteiger partial charge on any atom is -0.466 e. The third-order valence-corrected chi connectivity index (χ3v) is 6.92. The number of amides is 1. The van der Waals surface area contributed by atoms with Gasteiger partial charge in [-0.05, 0) is 43.7 Å². The van der Waals surface area contributed by atoms with Crippen LogP contribution in [-0.2, 0) is 20.7 Å². The largest absolute Gasteiger partial charge is 0.466 e. The lowest BCUT2D eigenvalue weighted by Gasteiger charge is -2.32. The maximum Gasteiger partial charge on any atom is 0.311 e. The summed E-state index contributed by atoms with van der Waals surface area (Å²) in [5.41, 5.74) is 3.80. The van der Waals surface area contributed by atoms with Crippen LogP contribution in [0.5, 0.6) is 0 Å². The van der Waals surface area contributed by atoms with Gasteiger partial charge in [0, 0.05) is 28.6 Å². The third-order valence-electron chi connectivity index (χ3n) is 4.94. The number of benzene rings is 2. The first-order valence-corrected chi connectivity index (χ1v) is 12.3.